The highest BCUT2D eigenvalue weighted by molar-refractivity contribution is 7.92. The Hall–Kier alpha value is -2.45. The summed E-state index contributed by atoms with van der Waals surface area (Å²) in [5, 5.41) is 11.0. The summed E-state index contributed by atoms with van der Waals surface area (Å²) < 4.78 is 60.3. The summed E-state index contributed by atoms with van der Waals surface area (Å²) >= 11 is 6.45. The zero-order valence-electron chi connectivity index (χ0n) is 22.3. The molecular weight excluding hydrogens is 552 g/mol. The number of sulfone groups is 1. The third-order valence-electron chi connectivity index (χ3n) is 7.62. The van der Waals surface area contributed by atoms with Gasteiger partial charge in [0.05, 0.1) is 27.2 Å². The van der Waals surface area contributed by atoms with Crippen LogP contribution in [0.3, 0.4) is 0 Å². The van der Waals surface area contributed by atoms with Crippen molar-refractivity contribution in [2.45, 2.75) is 92.9 Å². The van der Waals surface area contributed by atoms with Crippen molar-refractivity contribution >= 4 is 39.0 Å². The van der Waals surface area contributed by atoms with E-state index in [0.29, 0.717) is 18.5 Å². The summed E-state index contributed by atoms with van der Waals surface area (Å²) in [7, 11) is -4.09. The van der Waals surface area contributed by atoms with Gasteiger partial charge in [0.15, 0.2) is 9.84 Å². The Labute approximate surface area is 232 Å². The van der Waals surface area contributed by atoms with Crippen molar-refractivity contribution in [2.24, 2.45) is 11.8 Å². The minimum absolute atomic E-state index is 0.0335. The van der Waals surface area contributed by atoms with Crippen LogP contribution in [0.5, 0.6) is 0 Å². The molecule has 3 unspecified atom stereocenters. The van der Waals surface area contributed by atoms with Gasteiger partial charge in [-0.25, -0.2) is 17.2 Å². The van der Waals surface area contributed by atoms with Crippen molar-refractivity contribution in [1.82, 2.24) is 5.32 Å². The number of rotatable bonds is 6. The molecule has 1 aromatic carbocycles. The molecule has 3 atom stereocenters. The standard InChI is InChI=1S/C27H34ClF2N3O5S/c1-25(2,3)38-24(35)18-12-17(23(34)32-26(16-31)6-7-26)13-20(14-18)39(36,37)22-5-4-19(15-21(22)28)33-10-8-27(29,30)9-11-33/h4-5,15,17-18,20H,6-14H2,1-3H3,(H,32,34). The maximum atomic E-state index is 13.8. The number of benzene rings is 1. The number of hydrogen-bond acceptors (Lipinski definition) is 7. The molecule has 0 spiro atoms. The number of nitrogens with zero attached hydrogens (tertiary/aromatic N) is 2. The smallest absolute Gasteiger partial charge is 0.309 e. The van der Waals surface area contributed by atoms with Crippen molar-refractivity contribution in [3.63, 3.8) is 0 Å². The summed E-state index contributed by atoms with van der Waals surface area (Å²) in [6.45, 7) is 5.37. The second-order valence-corrected chi connectivity index (χ2v) is 14.5. The SMILES string of the molecule is CC(C)(C)OC(=O)C1CC(C(=O)NC2(C#N)CC2)CC(S(=O)(=O)c2ccc(N3CCC(F)(F)CC3)cc2Cl)C1. The van der Waals surface area contributed by atoms with Crippen LogP contribution in [0.1, 0.15) is 65.7 Å². The van der Waals surface area contributed by atoms with Crippen LogP contribution in [0.25, 0.3) is 0 Å². The summed E-state index contributed by atoms with van der Waals surface area (Å²) in [4.78, 5) is 27.7. The van der Waals surface area contributed by atoms with Crippen molar-refractivity contribution in [2.75, 3.05) is 18.0 Å². The Bertz CT molecular complexity index is 1280. The largest absolute Gasteiger partial charge is 0.460 e. The molecule has 39 heavy (non-hydrogen) atoms. The predicted octanol–water partition coefficient (Wildman–Crippen LogP) is 4.65. The van der Waals surface area contributed by atoms with E-state index in [4.69, 9.17) is 16.3 Å². The lowest BCUT2D eigenvalue weighted by molar-refractivity contribution is -0.161. The van der Waals surface area contributed by atoms with Crippen LogP contribution in [0.15, 0.2) is 23.1 Å². The molecule has 3 fully saturated rings. The number of anilines is 1. The normalized spacial score (nSPS) is 26.3. The first kappa shape index (κ1) is 29.5. The molecule has 1 heterocycles. The van der Waals surface area contributed by atoms with Gasteiger partial charge in [-0.2, -0.15) is 5.26 Å². The second kappa shape index (κ2) is 10.5. The fraction of sp³-hybridized carbons (Fsp3) is 0.667. The van der Waals surface area contributed by atoms with E-state index in [1.165, 1.54) is 12.1 Å². The van der Waals surface area contributed by atoms with Crippen LogP contribution >= 0.6 is 11.6 Å². The number of nitriles is 1. The number of nitrogens with one attached hydrogen (secondary N) is 1. The van der Waals surface area contributed by atoms with Crippen molar-refractivity contribution in [3.8, 4) is 6.07 Å². The molecule has 3 aliphatic rings. The molecule has 1 aromatic rings. The molecule has 12 heteroatoms. The van der Waals surface area contributed by atoms with Gasteiger partial charge in [0.2, 0.25) is 5.91 Å². The summed E-state index contributed by atoms with van der Waals surface area (Å²) in [6, 6.07) is 6.46. The number of esters is 1. The maximum Gasteiger partial charge on any atom is 0.309 e. The van der Waals surface area contributed by atoms with E-state index in [9.17, 15) is 32.0 Å². The zero-order chi connectivity index (χ0) is 28.8. The minimum Gasteiger partial charge on any atom is -0.460 e. The van der Waals surface area contributed by atoms with Gasteiger partial charge in [-0.3, -0.25) is 9.59 Å². The molecule has 0 radical (unpaired) electrons. The van der Waals surface area contributed by atoms with Gasteiger partial charge < -0.3 is 15.0 Å². The van der Waals surface area contributed by atoms with Crippen LogP contribution in [0, 0.1) is 23.2 Å². The van der Waals surface area contributed by atoms with E-state index in [1.807, 2.05) is 0 Å². The first-order chi connectivity index (χ1) is 18.0. The van der Waals surface area contributed by atoms with Gasteiger partial charge in [-0.05, 0) is 71.1 Å². The van der Waals surface area contributed by atoms with Gasteiger partial charge in [0.25, 0.3) is 5.92 Å². The highest BCUT2D eigenvalue weighted by Crippen LogP contribution is 2.41. The topological polar surface area (TPSA) is 117 Å². The summed E-state index contributed by atoms with van der Waals surface area (Å²) in [5.41, 5.74) is -1.17. The Balaban J connectivity index is 1.58. The van der Waals surface area contributed by atoms with Gasteiger partial charge in [0.1, 0.15) is 11.1 Å². The molecular formula is C27H34ClF2N3O5S. The third-order valence-corrected chi connectivity index (χ3v) is 10.3. The van der Waals surface area contributed by atoms with Gasteiger partial charge in [-0.15, -0.1) is 0 Å². The number of hydrogen-bond donors (Lipinski definition) is 1. The second-order valence-electron chi connectivity index (χ2n) is 11.9. The van der Waals surface area contributed by atoms with Crippen molar-refractivity contribution in [3.05, 3.63) is 23.2 Å². The maximum absolute atomic E-state index is 13.8. The van der Waals surface area contributed by atoms with E-state index in [0.717, 1.165) is 0 Å². The molecule has 1 saturated heterocycles. The fourth-order valence-electron chi connectivity index (χ4n) is 5.23. The average molecular weight is 586 g/mol. The number of ether oxygens (including phenoxy) is 1. The molecule has 1 N–H and O–H groups in total. The van der Waals surface area contributed by atoms with E-state index >= 15 is 0 Å². The number of carbonyl (C=O) groups excluding carboxylic acids is 2. The molecule has 2 saturated carbocycles. The highest BCUT2D eigenvalue weighted by atomic mass is 35.5. The first-order valence-corrected chi connectivity index (χ1v) is 15.1. The molecule has 4 rings (SSSR count). The van der Waals surface area contributed by atoms with E-state index in [-0.39, 0.29) is 55.1 Å². The molecule has 8 nitrogen and oxygen atoms in total. The van der Waals surface area contributed by atoms with Crippen LogP contribution < -0.4 is 10.2 Å². The number of carbonyl (C=O) groups is 2. The third kappa shape index (κ3) is 6.83. The molecule has 1 aliphatic heterocycles. The van der Waals surface area contributed by atoms with Gasteiger partial charge >= 0.3 is 5.97 Å². The van der Waals surface area contributed by atoms with Crippen LogP contribution in [0.4, 0.5) is 14.5 Å². The Kier molecular flexibility index (Phi) is 7.96. The summed E-state index contributed by atoms with van der Waals surface area (Å²) in [5.74, 6) is -5.39. The molecule has 0 aromatic heterocycles. The van der Waals surface area contributed by atoms with E-state index < -0.39 is 55.9 Å². The Morgan fingerprint density at radius 1 is 1.10 bits per heavy atom. The fourth-order valence-corrected chi connectivity index (χ4v) is 7.64. The van der Waals surface area contributed by atoms with E-state index in [1.54, 1.807) is 31.7 Å². The molecule has 2 aliphatic carbocycles. The van der Waals surface area contributed by atoms with Crippen LogP contribution in [-0.2, 0) is 24.2 Å². The average Bonchev–Trinajstić information content (AvgIpc) is 3.62. The monoisotopic (exact) mass is 585 g/mol. The lowest BCUT2D eigenvalue weighted by Crippen LogP contribution is -2.46. The minimum atomic E-state index is -4.09. The first-order valence-electron chi connectivity index (χ1n) is 13.2. The van der Waals surface area contributed by atoms with E-state index in [2.05, 4.69) is 11.4 Å². The molecule has 0 bridgehead atoms. The lowest BCUT2D eigenvalue weighted by Gasteiger charge is -2.35. The van der Waals surface area contributed by atoms with Gasteiger partial charge in [0, 0.05) is 37.5 Å². The quantitative estimate of drug-likeness (QED) is 0.483. The molecule has 1 amide bonds. The zero-order valence-corrected chi connectivity index (χ0v) is 23.9. The lowest BCUT2D eigenvalue weighted by atomic mass is 9.80. The number of halogens is 3. The van der Waals surface area contributed by atoms with Gasteiger partial charge in [-0.1, -0.05) is 11.6 Å². The number of alkyl halides is 2. The predicted molar refractivity (Wildman–Crippen MR) is 141 cm³/mol. The van der Waals surface area contributed by atoms with Crippen LogP contribution in [-0.4, -0.2) is 55.7 Å². The van der Waals surface area contributed by atoms with Crippen molar-refractivity contribution in [1.29, 1.82) is 5.26 Å². The molecule has 214 valence electrons. The summed E-state index contributed by atoms with van der Waals surface area (Å²) in [6.07, 6.45) is 0.495. The number of amides is 1. The van der Waals surface area contributed by atoms with Crippen molar-refractivity contribution < 1.29 is 31.5 Å². The Morgan fingerprint density at radius 3 is 2.26 bits per heavy atom. The Morgan fingerprint density at radius 2 is 1.72 bits per heavy atom. The van der Waals surface area contributed by atoms with Crippen LogP contribution in [0.2, 0.25) is 5.02 Å². The number of piperidine rings is 1. The highest BCUT2D eigenvalue weighted by Gasteiger charge is 2.49.